The lowest BCUT2D eigenvalue weighted by Gasteiger charge is -2.19. The highest BCUT2D eigenvalue weighted by Crippen LogP contribution is 2.36. The van der Waals surface area contributed by atoms with Crippen molar-refractivity contribution < 1.29 is 9.59 Å². The number of carbonyl (C=O) groups is 2. The maximum atomic E-state index is 12.7. The van der Waals surface area contributed by atoms with E-state index in [2.05, 4.69) is 19.2 Å². The zero-order valence-corrected chi connectivity index (χ0v) is 14.0. The minimum atomic E-state index is 0.0798. The molecule has 2 aliphatic carbocycles. The van der Waals surface area contributed by atoms with Crippen molar-refractivity contribution >= 4 is 11.6 Å². The number of rotatable bonds is 4. The molecule has 0 fully saturated rings. The fourth-order valence-corrected chi connectivity index (χ4v) is 3.71. The third kappa shape index (κ3) is 3.30. The molecule has 3 rings (SSSR count). The molecular formula is C20H25NO2. The molecule has 0 atom stereocenters. The molecule has 0 saturated heterocycles. The van der Waals surface area contributed by atoms with E-state index in [4.69, 9.17) is 0 Å². The van der Waals surface area contributed by atoms with Gasteiger partial charge in [0.25, 0.3) is 0 Å². The van der Waals surface area contributed by atoms with E-state index in [-0.39, 0.29) is 11.6 Å². The summed E-state index contributed by atoms with van der Waals surface area (Å²) in [6.07, 6.45) is 4.65. The molecule has 0 unspecified atom stereocenters. The van der Waals surface area contributed by atoms with Gasteiger partial charge in [-0.25, -0.2) is 0 Å². The Morgan fingerprint density at radius 3 is 2.00 bits per heavy atom. The molecule has 0 radical (unpaired) electrons. The molecule has 0 saturated carbocycles. The first kappa shape index (κ1) is 16.1. The van der Waals surface area contributed by atoms with Crippen LogP contribution in [0.15, 0.2) is 35.4 Å². The Morgan fingerprint density at radius 1 is 1.00 bits per heavy atom. The van der Waals surface area contributed by atoms with Gasteiger partial charge in [-0.1, -0.05) is 38.1 Å². The van der Waals surface area contributed by atoms with Crippen LogP contribution in [-0.4, -0.2) is 24.2 Å². The van der Waals surface area contributed by atoms with E-state index in [1.54, 1.807) is 12.1 Å². The van der Waals surface area contributed by atoms with Gasteiger partial charge < -0.3 is 5.32 Å². The van der Waals surface area contributed by atoms with E-state index in [0.29, 0.717) is 23.1 Å². The van der Waals surface area contributed by atoms with Gasteiger partial charge >= 0.3 is 0 Å². The zero-order chi connectivity index (χ0) is 16.4. The summed E-state index contributed by atoms with van der Waals surface area (Å²) >= 11 is 0. The lowest BCUT2D eigenvalue weighted by Crippen LogP contribution is -2.25. The Kier molecular flexibility index (Phi) is 4.76. The normalized spacial score (nSPS) is 18.9. The van der Waals surface area contributed by atoms with Crippen LogP contribution in [-0.2, 0) is 0 Å². The molecule has 0 heterocycles. The topological polar surface area (TPSA) is 46.2 Å². The largest absolute Gasteiger partial charge is 0.315 e. The molecule has 1 N–H and O–H groups in total. The first-order valence-electron chi connectivity index (χ1n) is 8.71. The molecule has 3 nitrogen and oxygen atoms in total. The van der Waals surface area contributed by atoms with Crippen LogP contribution >= 0.6 is 0 Å². The molecule has 3 heteroatoms. The summed E-state index contributed by atoms with van der Waals surface area (Å²) < 4.78 is 0. The van der Waals surface area contributed by atoms with Crippen LogP contribution in [0.3, 0.4) is 0 Å². The number of fused-ring (bicyclic) bond motifs is 1. The summed E-state index contributed by atoms with van der Waals surface area (Å²) in [7, 11) is 0. The van der Waals surface area contributed by atoms with Gasteiger partial charge in [0.05, 0.1) is 0 Å². The van der Waals surface area contributed by atoms with Gasteiger partial charge in [0.15, 0.2) is 11.6 Å². The van der Waals surface area contributed by atoms with Gasteiger partial charge in [-0.3, -0.25) is 9.59 Å². The minimum absolute atomic E-state index is 0.0798. The molecule has 23 heavy (non-hydrogen) atoms. The lowest BCUT2D eigenvalue weighted by molar-refractivity contribution is 0.0970. The second kappa shape index (κ2) is 6.79. The van der Waals surface area contributed by atoms with E-state index < -0.39 is 0 Å². The number of allylic oxidation sites excluding steroid dienone is 2. The zero-order valence-electron chi connectivity index (χ0n) is 14.0. The van der Waals surface area contributed by atoms with Crippen molar-refractivity contribution in [2.45, 2.75) is 52.0 Å². The van der Waals surface area contributed by atoms with Gasteiger partial charge in [0, 0.05) is 28.3 Å². The van der Waals surface area contributed by atoms with Crippen molar-refractivity contribution in [3.8, 4) is 0 Å². The van der Waals surface area contributed by atoms with Crippen LogP contribution in [0, 0.1) is 5.92 Å². The highest BCUT2D eigenvalue weighted by atomic mass is 16.1. The molecule has 0 aromatic heterocycles. The first-order valence-corrected chi connectivity index (χ1v) is 8.71. The summed E-state index contributed by atoms with van der Waals surface area (Å²) in [6, 6.07) is 7.76. The predicted molar refractivity (Wildman–Crippen MR) is 91.8 cm³/mol. The van der Waals surface area contributed by atoms with E-state index >= 15 is 0 Å². The number of Topliss-reactive ketones (excluding diaryl/α,β-unsaturated/α-hetero) is 2. The molecular weight excluding hydrogens is 286 g/mol. The Hall–Kier alpha value is -1.74. The summed E-state index contributed by atoms with van der Waals surface area (Å²) in [6.45, 7) is 5.32. The highest BCUT2D eigenvalue weighted by molar-refractivity contribution is 6.26. The molecule has 0 aliphatic heterocycles. The molecule has 2 aliphatic rings. The molecule has 122 valence electrons. The van der Waals surface area contributed by atoms with Crippen molar-refractivity contribution in [2.75, 3.05) is 6.54 Å². The second-order valence-corrected chi connectivity index (χ2v) is 7.00. The number of hydrogen-bond acceptors (Lipinski definition) is 3. The molecule has 0 amide bonds. The van der Waals surface area contributed by atoms with Crippen molar-refractivity contribution in [3.63, 3.8) is 0 Å². The van der Waals surface area contributed by atoms with Gasteiger partial charge in [-0.05, 0) is 44.6 Å². The van der Waals surface area contributed by atoms with Crippen molar-refractivity contribution in [2.24, 2.45) is 5.92 Å². The maximum Gasteiger partial charge on any atom is 0.190 e. The van der Waals surface area contributed by atoms with Gasteiger partial charge in [-0.15, -0.1) is 0 Å². The average Bonchev–Trinajstić information content (AvgIpc) is 2.75. The summed E-state index contributed by atoms with van der Waals surface area (Å²) in [5.41, 5.74) is 2.76. The number of hydrogen-bond donors (Lipinski definition) is 1. The molecule has 0 spiro atoms. The monoisotopic (exact) mass is 311 g/mol. The SMILES string of the molecule is CC(C)NCCC1CCC2=C(CC1)C(=O)c1ccccc1C2=O. The van der Waals surface area contributed by atoms with Crippen molar-refractivity contribution in [1.29, 1.82) is 0 Å². The summed E-state index contributed by atoms with van der Waals surface area (Å²) in [4.78, 5) is 25.5. The van der Waals surface area contributed by atoms with E-state index in [0.717, 1.165) is 49.8 Å². The van der Waals surface area contributed by atoms with Crippen molar-refractivity contribution in [3.05, 3.63) is 46.5 Å². The van der Waals surface area contributed by atoms with Crippen LogP contribution in [0.1, 0.15) is 66.7 Å². The smallest absolute Gasteiger partial charge is 0.190 e. The molecule has 1 aromatic carbocycles. The van der Waals surface area contributed by atoms with Crippen LogP contribution in [0.25, 0.3) is 0 Å². The van der Waals surface area contributed by atoms with Gasteiger partial charge in [0.1, 0.15) is 0 Å². The fourth-order valence-electron chi connectivity index (χ4n) is 3.71. The van der Waals surface area contributed by atoms with E-state index in [9.17, 15) is 9.59 Å². The minimum Gasteiger partial charge on any atom is -0.315 e. The molecule has 1 aromatic rings. The Balaban J connectivity index is 1.73. The van der Waals surface area contributed by atoms with Gasteiger partial charge in [0.2, 0.25) is 0 Å². The highest BCUT2D eigenvalue weighted by Gasteiger charge is 2.33. The van der Waals surface area contributed by atoms with Gasteiger partial charge in [-0.2, -0.15) is 0 Å². The van der Waals surface area contributed by atoms with Crippen LogP contribution in [0.4, 0.5) is 0 Å². The lowest BCUT2D eigenvalue weighted by atomic mass is 9.82. The van der Waals surface area contributed by atoms with E-state index in [1.807, 2.05) is 12.1 Å². The van der Waals surface area contributed by atoms with E-state index in [1.165, 1.54) is 0 Å². The maximum absolute atomic E-state index is 12.7. The van der Waals surface area contributed by atoms with Crippen LogP contribution in [0.2, 0.25) is 0 Å². The third-order valence-electron chi connectivity index (χ3n) is 5.04. The Bertz CT molecular complexity index is 608. The molecule has 0 bridgehead atoms. The third-order valence-corrected chi connectivity index (χ3v) is 5.04. The average molecular weight is 311 g/mol. The Labute approximate surface area is 138 Å². The number of benzene rings is 1. The summed E-state index contributed by atoms with van der Waals surface area (Å²) in [5.74, 6) is 0.753. The fraction of sp³-hybridized carbons (Fsp3) is 0.500. The standard InChI is InChI=1S/C20H25NO2/c1-13(2)21-12-11-14-7-9-17-18(10-8-14)20(23)16-6-4-3-5-15(16)19(17)22/h3-6,13-14,21H,7-12H2,1-2H3. The van der Waals surface area contributed by atoms with Crippen LogP contribution < -0.4 is 5.32 Å². The number of carbonyl (C=O) groups excluding carboxylic acids is 2. The number of nitrogens with one attached hydrogen (secondary N) is 1. The first-order chi connectivity index (χ1) is 11.1. The van der Waals surface area contributed by atoms with Crippen molar-refractivity contribution in [1.82, 2.24) is 5.32 Å². The quantitative estimate of drug-likeness (QED) is 0.916. The van der Waals surface area contributed by atoms with Crippen LogP contribution in [0.5, 0.6) is 0 Å². The second-order valence-electron chi connectivity index (χ2n) is 7.00. The Morgan fingerprint density at radius 2 is 1.52 bits per heavy atom. The predicted octanol–water partition coefficient (Wildman–Crippen LogP) is 3.94. The number of ketones is 2. The summed E-state index contributed by atoms with van der Waals surface area (Å²) in [5, 5.41) is 3.46.